The van der Waals surface area contributed by atoms with Crippen molar-refractivity contribution in [2.75, 3.05) is 0 Å². The fourth-order valence-corrected chi connectivity index (χ4v) is 10.2. The summed E-state index contributed by atoms with van der Waals surface area (Å²) in [6, 6.07) is 63.8. The number of aromatic nitrogens is 4. The summed E-state index contributed by atoms with van der Waals surface area (Å²) in [5, 5.41) is 19.3. The van der Waals surface area contributed by atoms with Gasteiger partial charge in [-0.05, 0) is 54.6 Å². The van der Waals surface area contributed by atoms with Gasteiger partial charge in [-0.15, -0.1) is 11.3 Å². The van der Waals surface area contributed by atoms with E-state index >= 15 is 0 Å². The van der Waals surface area contributed by atoms with E-state index in [1.54, 1.807) is 0 Å². The molecule has 264 valence electrons. The first-order valence-electron chi connectivity index (χ1n) is 19.0. The van der Waals surface area contributed by atoms with E-state index in [2.05, 4.69) is 149 Å². The maximum absolute atomic E-state index is 11.1. The Morgan fingerprint density at radius 2 is 1.11 bits per heavy atom. The van der Waals surface area contributed by atoms with Gasteiger partial charge in [0.05, 0.1) is 44.5 Å². The first-order valence-corrected chi connectivity index (χ1v) is 19.8. The highest BCUT2D eigenvalue weighted by Crippen LogP contribution is 2.51. The lowest BCUT2D eigenvalue weighted by Crippen LogP contribution is -2.02. The lowest BCUT2D eigenvalue weighted by atomic mass is 10.0. The van der Waals surface area contributed by atoms with Crippen LogP contribution < -0.4 is 0 Å². The number of rotatable bonds is 4. The second-order valence-electron chi connectivity index (χ2n) is 14.4. The Morgan fingerprint density at radius 3 is 1.88 bits per heavy atom. The maximum Gasteiger partial charge on any atom is 0.160 e. The molecule has 8 aromatic carbocycles. The predicted molar refractivity (Wildman–Crippen MR) is 237 cm³/mol. The average molecular weight is 744 g/mol. The lowest BCUT2D eigenvalue weighted by molar-refractivity contribution is 1.14. The van der Waals surface area contributed by atoms with Crippen LogP contribution in [0.1, 0.15) is 5.56 Å². The highest BCUT2D eigenvalue weighted by Gasteiger charge is 2.27. The minimum Gasteiger partial charge on any atom is -0.307 e. The molecule has 0 amide bonds. The monoisotopic (exact) mass is 743 g/mol. The number of hydrogen-bond donors (Lipinski definition) is 0. The molecule has 4 heterocycles. The molecule has 0 saturated carbocycles. The van der Waals surface area contributed by atoms with Crippen molar-refractivity contribution < 1.29 is 0 Å². The Labute approximate surface area is 330 Å². The van der Waals surface area contributed by atoms with Crippen LogP contribution in [-0.2, 0) is 0 Å². The zero-order valence-corrected chi connectivity index (χ0v) is 31.2. The van der Waals surface area contributed by atoms with E-state index in [1.165, 1.54) is 36.3 Å². The molecule has 0 saturated heterocycles. The van der Waals surface area contributed by atoms with E-state index in [0.29, 0.717) is 11.4 Å². The molecule has 0 aliphatic rings. The molecule has 0 bridgehead atoms. The third kappa shape index (κ3) is 4.55. The summed E-state index contributed by atoms with van der Waals surface area (Å²) < 4.78 is 7.25. The van der Waals surface area contributed by atoms with E-state index in [9.17, 15) is 5.26 Å². The fourth-order valence-electron chi connectivity index (χ4n) is 8.96. The van der Waals surface area contributed by atoms with Crippen LogP contribution >= 0.6 is 11.3 Å². The summed E-state index contributed by atoms with van der Waals surface area (Å²) in [5.41, 5.74) is 10.3. The second kappa shape index (κ2) is 12.2. The highest BCUT2D eigenvalue weighted by atomic mass is 32.1. The number of benzene rings is 8. The summed E-state index contributed by atoms with van der Waals surface area (Å²) in [5.74, 6) is 0.580. The van der Waals surface area contributed by atoms with Crippen molar-refractivity contribution in [1.82, 2.24) is 19.1 Å². The third-order valence-corrected chi connectivity index (χ3v) is 12.5. The van der Waals surface area contributed by atoms with Gasteiger partial charge >= 0.3 is 0 Å². The summed E-state index contributed by atoms with van der Waals surface area (Å²) in [4.78, 5) is 10.2. The molecule has 0 aliphatic heterocycles. The molecule has 0 radical (unpaired) electrons. The van der Waals surface area contributed by atoms with E-state index in [0.717, 1.165) is 66.6 Å². The Morgan fingerprint density at radius 1 is 0.491 bits per heavy atom. The van der Waals surface area contributed by atoms with Crippen LogP contribution in [0, 0.1) is 11.3 Å². The van der Waals surface area contributed by atoms with Crippen LogP contribution in [0.5, 0.6) is 0 Å². The smallest absolute Gasteiger partial charge is 0.160 e. The Hall–Kier alpha value is -7.59. The zero-order valence-electron chi connectivity index (χ0n) is 30.4. The number of fused-ring (bicyclic) bond motifs is 13. The molecule has 12 aromatic rings. The van der Waals surface area contributed by atoms with Crippen molar-refractivity contribution in [2.24, 2.45) is 0 Å². The van der Waals surface area contributed by atoms with Crippen molar-refractivity contribution in [3.63, 3.8) is 0 Å². The van der Waals surface area contributed by atoms with Crippen molar-refractivity contribution in [2.45, 2.75) is 0 Å². The zero-order chi connectivity index (χ0) is 37.6. The Bertz CT molecular complexity index is 3640. The molecule has 0 N–H and O–H groups in total. The fraction of sp³-hybridized carbons (Fsp3) is 0. The van der Waals surface area contributed by atoms with Gasteiger partial charge in [0.25, 0.3) is 0 Å². The van der Waals surface area contributed by atoms with Gasteiger partial charge in [0.1, 0.15) is 6.07 Å². The summed E-state index contributed by atoms with van der Waals surface area (Å²) in [6.45, 7) is 0. The number of hydrogen-bond acceptors (Lipinski definition) is 4. The van der Waals surface area contributed by atoms with Gasteiger partial charge in [-0.1, -0.05) is 121 Å². The molecule has 57 heavy (non-hydrogen) atoms. The quantitative estimate of drug-likeness (QED) is 0.180. The van der Waals surface area contributed by atoms with Gasteiger partial charge in [0.2, 0.25) is 0 Å². The second-order valence-corrected chi connectivity index (χ2v) is 15.5. The topological polar surface area (TPSA) is 59.4 Å². The molecule has 5 nitrogen and oxygen atoms in total. The molecule has 0 unspecified atom stereocenters. The number of para-hydroxylation sites is 4. The maximum atomic E-state index is 11.1. The Balaban J connectivity index is 1.23. The number of thiophene rings is 1. The van der Waals surface area contributed by atoms with E-state index in [4.69, 9.17) is 9.97 Å². The van der Waals surface area contributed by atoms with E-state index in [-0.39, 0.29) is 0 Å². The highest BCUT2D eigenvalue weighted by molar-refractivity contribution is 7.27. The SMILES string of the molecule is N#Cc1cc(-c2nc(-c3ccccc3)c3ccccc3n2)ccc1-n1c2ccccc2c2c3sc4ccccc4c3c3c4ccccc4n(-c4ccccc4)c3c21. The summed E-state index contributed by atoms with van der Waals surface area (Å²) in [6.07, 6.45) is 0. The first-order chi connectivity index (χ1) is 28.3. The minimum atomic E-state index is 0.542. The van der Waals surface area contributed by atoms with Gasteiger partial charge < -0.3 is 9.13 Å². The van der Waals surface area contributed by atoms with Crippen molar-refractivity contribution in [3.05, 3.63) is 181 Å². The standard InChI is InChI=1S/C51H29N5S/c52-30-33-29-32(51-53-39-23-11-7-19-35(39)47(54-51)31-15-3-1-4-16-31)27-28-40(33)56-42-25-13-9-21-37(42)46-49(56)48-44(45-38-22-10-14-26-43(38)57-50(45)46)36-20-8-12-24-41(36)55(48)34-17-5-2-6-18-34/h1-29H. The third-order valence-electron chi connectivity index (χ3n) is 11.3. The van der Waals surface area contributed by atoms with Gasteiger partial charge in [0.15, 0.2) is 5.82 Å². The van der Waals surface area contributed by atoms with Crippen LogP contribution in [0.2, 0.25) is 0 Å². The molecule has 0 fully saturated rings. The van der Waals surface area contributed by atoms with Crippen LogP contribution in [0.25, 0.3) is 109 Å². The van der Waals surface area contributed by atoms with Crippen LogP contribution in [-0.4, -0.2) is 19.1 Å². The minimum absolute atomic E-state index is 0.542. The summed E-state index contributed by atoms with van der Waals surface area (Å²) in [7, 11) is 0. The van der Waals surface area contributed by atoms with Crippen molar-refractivity contribution in [3.8, 4) is 40.1 Å². The van der Waals surface area contributed by atoms with Crippen LogP contribution in [0.4, 0.5) is 0 Å². The molecule has 0 aliphatic carbocycles. The molecular formula is C51H29N5S. The molecule has 4 aromatic heterocycles. The van der Waals surface area contributed by atoms with Crippen molar-refractivity contribution >= 4 is 86.0 Å². The van der Waals surface area contributed by atoms with Gasteiger partial charge in [-0.25, -0.2) is 9.97 Å². The molecule has 12 rings (SSSR count). The van der Waals surface area contributed by atoms with E-state index in [1.807, 2.05) is 53.8 Å². The van der Waals surface area contributed by atoms with Crippen molar-refractivity contribution in [1.29, 1.82) is 5.26 Å². The normalized spacial score (nSPS) is 11.8. The van der Waals surface area contributed by atoms with Crippen LogP contribution in [0.3, 0.4) is 0 Å². The molecular weight excluding hydrogens is 715 g/mol. The largest absolute Gasteiger partial charge is 0.307 e. The van der Waals surface area contributed by atoms with Gasteiger partial charge in [-0.2, -0.15) is 5.26 Å². The molecule has 0 atom stereocenters. The predicted octanol–water partition coefficient (Wildman–Crippen LogP) is 13.4. The lowest BCUT2D eigenvalue weighted by Gasteiger charge is -2.15. The van der Waals surface area contributed by atoms with Gasteiger partial charge in [0, 0.05) is 63.9 Å². The van der Waals surface area contributed by atoms with Gasteiger partial charge in [-0.3, -0.25) is 0 Å². The van der Waals surface area contributed by atoms with E-state index < -0.39 is 0 Å². The first kappa shape index (κ1) is 31.7. The number of nitriles is 1. The number of nitrogens with zero attached hydrogens (tertiary/aromatic N) is 5. The summed E-state index contributed by atoms with van der Waals surface area (Å²) >= 11 is 1.85. The Kier molecular flexibility index (Phi) is 6.80. The molecule has 6 heteroatoms. The molecule has 0 spiro atoms. The average Bonchev–Trinajstić information content (AvgIpc) is 3.94. The van der Waals surface area contributed by atoms with Crippen LogP contribution in [0.15, 0.2) is 176 Å².